The number of thiophene rings is 1. The summed E-state index contributed by atoms with van der Waals surface area (Å²) in [6.45, 7) is 3.37. The van der Waals surface area contributed by atoms with Gasteiger partial charge in [0.2, 0.25) is 0 Å². The van der Waals surface area contributed by atoms with Crippen LogP contribution >= 0.6 is 22.9 Å². The standard InChI is InChI=1S/C18H15ClFNO4S2/c1-3-25-18(22)16-17(15-12(20)5-4-6-14(15)26-16)27(23,24)21-13-9-11(19)8-7-10(13)2/h4-9,21H,3H2,1-2H3. The van der Waals surface area contributed by atoms with Crippen molar-refractivity contribution in [3.05, 3.63) is 57.7 Å². The number of hydrogen-bond acceptors (Lipinski definition) is 5. The van der Waals surface area contributed by atoms with E-state index in [1.54, 1.807) is 32.0 Å². The van der Waals surface area contributed by atoms with E-state index in [2.05, 4.69) is 4.72 Å². The number of carbonyl (C=O) groups is 1. The summed E-state index contributed by atoms with van der Waals surface area (Å²) in [6, 6.07) is 8.87. The molecule has 0 aliphatic heterocycles. The zero-order chi connectivity index (χ0) is 19.8. The van der Waals surface area contributed by atoms with Gasteiger partial charge in [0.15, 0.2) is 0 Å². The molecule has 27 heavy (non-hydrogen) atoms. The van der Waals surface area contributed by atoms with Crippen LogP contribution in [-0.2, 0) is 14.8 Å². The molecule has 0 fully saturated rings. The second kappa shape index (κ2) is 7.46. The molecule has 0 aliphatic carbocycles. The maximum atomic E-state index is 14.5. The Hall–Kier alpha value is -2.16. The summed E-state index contributed by atoms with van der Waals surface area (Å²) in [5.41, 5.74) is 0.869. The molecule has 1 N–H and O–H groups in total. The Morgan fingerprint density at radius 3 is 2.74 bits per heavy atom. The lowest BCUT2D eigenvalue weighted by atomic mass is 10.2. The van der Waals surface area contributed by atoms with Crippen molar-refractivity contribution in [2.24, 2.45) is 0 Å². The van der Waals surface area contributed by atoms with Crippen LogP contribution in [-0.4, -0.2) is 21.0 Å². The third kappa shape index (κ3) is 3.78. The predicted octanol–water partition coefficient (Wildman–Crippen LogP) is 4.98. The van der Waals surface area contributed by atoms with Crippen LogP contribution < -0.4 is 4.72 Å². The first kappa shape index (κ1) is 19.6. The van der Waals surface area contributed by atoms with Crippen LogP contribution in [0.5, 0.6) is 0 Å². The summed E-state index contributed by atoms with van der Waals surface area (Å²) in [6.07, 6.45) is 0. The number of fused-ring (bicyclic) bond motifs is 1. The van der Waals surface area contributed by atoms with Crippen LogP contribution in [0, 0.1) is 12.7 Å². The number of anilines is 1. The largest absolute Gasteiger partial charge is 0.462 e. The topological polar surface area (TPSA) is 72.5 Å². The minimum Gasteiger partial charge on any atom is -0.462 e. The summed E-state index contributed by atoms with van der Waals surface area (Å²) in [5, 5.41) is 0.197. The number of aryl methyl sites for hydroxylation is 1. The van der Waals surface area contributed by atoms with E-state index >= 15 is 0 Å². The molecule has 9 heteroatoms. The van der Waals surface area contributed by atoms with Crippen molar-refractivity contribution in [3.63, 3.8) is 0 Å². The average molecular weight is 428 g/mol. The van der Waals surface area contributed by atoms with Crippen LogP contribution in [0.3, 0.4) is 0 Å². The number of sulfonamides is 1. The predicted molar refractivity (Wildman–Crippen MR) is 105 cm³/mol. The van der Waals surface area contributed by atoms with Gasteiger partial charge in [0.25, 0.3) is 10.0 Å². The Balaban J connectivity index is 2.23. The molecule has 0 atom stereocenters. The van der Waals surface area contributed by atoms with Gasteiger partial charge < -0.3 is 4.74 Å². The maximum absolute atomic E-state index is 14.5. The Morgan fingerprint density at radius 1 is 1.30 bits per heavy atom. The lowest BCUT2D eigenvalue weighted by Gasteiger charge is -2.12. The van der Waals surface area contributed by atoms with Gasteiger partial charge in [-0.15, -0.1) is 11.3 Å². The van der Waals surface area contributed by atoms with Crippen molar-refractivity contribution in [2.75, 3.05) is 11.3 Å². The van der Waals surface area contributed by atoms with E-state index < -0.39 is 26.7 Å². The Morgan fingerprint density at radius 2 is 2.04 bits per heavy atom. The van der Waals surface area contributed by atoms with Crippen molar-refractivity contribution in [1.82, 2.24) is 0 Å². The molecule has 3 aromatic rings. The van der Waals surface area contributed by atoms with Gasteiger partial charge in [0.1, 0.15) is 15.6 Å². The summed E-state index contributed by atoms with van der Waals surface area (Å²) in [5.74, 6) is -1.55. The Labute approximate surface area is 164 Å². The molecule has 1 heterocycles. The minimum absolute atomic E-state index is 0.0654. The molecule has 0 saturated heterocycles. The van der Waals surface area contributed by atoms with Gasteiger partial charge in [-0.2, -0.15) is 0 Å². The highest BCUT2D eigenvalue weighted by atomic mass is 35.5. The van der Waals surface area contributed by atoms with E-state index in [1.165, 1.54) is 12.1 Å². The molecule has 3 rings (SSSR count). The summed E-state index contributed by atoms with van der Waals surface area (Å²) < 4.78 is 48.4. The second-order valence-electron chi connectivity index (χ2n) is 5.66. The molecule has 0 amide bonds. The van der Waals surface area contributed by atoms with E-state index in [0.29, 0.717) is 15.3 Å². The monoisotopic (exact) mass is 427 g/mol. The van der Waals surface area contributed by atoms with Crippen molar-refractivity contribution in [3.8, 4) is 0 Å². The van der Waals surface area contributed by atoms with Crippen LogP contribution in [0.4, 0.5) is 10.1 Å². The molecule has 0 bridgehead atoms. The number of hydrogen-bond donors (Lipinski definition) is 1. The van der Waals surface area contributed by atoms with Gasteiger partial charge in [-0.1, -0.05) is 23.7 Å². The van der Waals surface area contributed by atoms with E-state index in [9.17, 15) is 17.6 Å². The minimum atomic E-state index is -4.29. The Kier molecular flexibility index (Phi) is 5.41. The van der Waals surface area contributed by atoms with Gasteiger partial charge in [-0.05, 0) is 43.7 Å². The molecular formula is C18H15ClFNO4S2. The van der Waals surface area contributed by atoms with Gasteiger partial charge in [-0.25, -0.2) is 17.6 Å². The lowest BCUT2D eigenvalue weighted by Crippen LogP contribution is -2.17. The third-order valence-corrected chi connectivity index (χ3v) is 6.73. The highest BCUT2D eigenvalue weighted by Crippen LogP contribution is 2.38. The fourth-order valence-electron chi connectivity index (χ4n) is 2.57. The molecule has 5 nitrogen and oxygen atoms in total. The molecule has 0 spiro atoms. The number of nitrogens with one attached hydrogen (secondary N) is 1. The lowest BCUT2D eigenvalue weighted by molar-refractivity contribution is 0.0528. The number of rotatable bonds is 5. The van der Waals surface area contributed by atoms with Crippen molar-refractivity contribution >= 4 is 54.7 Å². The smallest absolute Gasteiger partial charge is 0.349 e. The van der Waals surface area contributed by atoms with E-state index in [4.69, 9.17) is 16.3 Å². The molecule has 2 aromatic carbocycles. The summed E-state index contributed by atoms with van der Waals surface area (Å²) in [4.78, 5) is 11.7. The van der Waals surface area contributed by atoms with Gasteiger partial charge >= 0.3 is 5.97 Å². The number of esters is 1. The Bertz CT molecular complexity index is 1140. The zero-order valence-corrected chi connectivity index (χ0v) is 16.8. The first-order valence-electron chi connectivity index (χ1n) is 7.91. The van der Waals surface area contributed by atoms with E-state index in [0.717, 1.165) is 17.4 Å². The molecule has 0 radical (unpaired) electrons. The van der Waals surface area contributed by atoms with Gasteiger partial charge in [-0.3, -0.25) is 4.72 Å². The second-order valence-corrected chi connectivity index (χ2v) is 8.77. The van der Waals surface area contributed by atoms with Crippen LogP contribution in [0.25, 0.3) is 10.1 Å². The van der Waals surface area contributed by atoms with Gasteiger partial charge in [0, 0.05) is 15.1 Å². The highest BCUT2D eigenvalue weighted by Gasteiger charge is 2.31. The number of benzene rings is 2. The van der Waals surface area contributed by atoms with Crippen LogP contribution in [0.1, 0.15) is 22.2 Å². The maximum Gasteiger partial charge on any atom is 0.349 e. The average Bonchev–Trinajstić information content (AvgIpc) is 3.00. The first-order chi connectivity index (χ1) is 12.7. The molecular weight excluding hydrogens is 413 g/mol. The van der Waals surface area contributed by atoms with Crippen molar-refractivity contribution in [2.45, 2.75) is 18.7 Å². The number of ether oxygens (including phenoxy) is 1. The fraction of sp³-hybridized carbons (Fsp3) is 0.167. The normalized spacial score (nSPS) is 11.6. The molecule has 142 valence electrons. The van der Waals surface area contributed by atoms with Gasteiger partial charge in [0.05, 0.1) is 12.3 Å². The van der Waals surface area contributed by atoms with E-state index in [1.807, 2.05) is 0 Å². The molecule has 0 aliphatic rings. The molecule has 1 aromatic heterocycles. The number of halogens is 2. The molecule has 0 unspecified atom stereocenters. The quantitative estimate of drug-likeness (QED) is 0.583. The van der Waals surface area contributed by atoms with Crippen LogP contribution in [0.15, 0.2) is 41.3 Å². The zero-order valence-electron chi connectivity index (χ0n) is 14.4. The summed E-state index contributed by atoms with van der Waals surface area (Å²) in [7, 11) is -4.29. The van der Waals surface area contributed by atoms with Crippen LogP contribution in [0.2, 0.25) is 5.02 Å². The fourth-order valence-corrected chi connectivity index (χ4v) is 5.68. The third-order valence-electron chi connectivity index (χ3n) is 3.79. The van der Waals surface area contributed by atoms with Crippen molar-refractivity contribution < 1.29 is 22.3 Å². The molecule has 0 saturated carbocycles. The highest BCUT2D eigenvalue weighted by molar-refractivity contribution is 7.93. The SMILES string of the molecule is CCOC(=O)c1sc2cccc(F)c2c1S(=O)(=O)Nc1cc(Cl)ccc1C. The number of carbonyl (C=O) groups excluding carboxylic acids is 1. The van der Waals surface area contributed by atoms with E-state index in [-0.39, 0.29) is 22.6 Å². The summed E-state index contributed by atoms with van der Waals surface area (Å²) >= 11 is 6.82. The van der Waals surface area contributed by atoms with Crippen molar-refractivity contribution in [1.29, 1.82) is 0 Å². The first-order valence-corrected chi connectivity index (χ1v) is 10.6.